The third-order valence-electron chi connectivity index (χ3n) is 4.25. The van der Waals surface area contributed by atoms with Crippen molar-refractivity contribution in [3.63, 3.8) is 0 Å². The maximum atomic E-state index is 12.8. The average molecular weight is 386 g/mol. The molecule has 0 radical (unpaired) electrons. The van der Waals surface area contributed by atoms with Crippen molar-refractivity contribution in [2.75, 3.05) is 5.32 Å². The molecule has 0 aliphatic heterocycles. The smallest absolute Gasteiger partial charge is 0.257 e. The summed E-state index contributed by atoms with van der Waals surface area (Å²) >= 11 is 1.45. The minimum Gasteiger partial charge on any atom is -0.322 e. The van der Waals surface area contributed by atoms with E-state index < -0.39 is 0 Å². The fourth-order valence-electron chi connectivity index (χ4n) is 2.88. The van der Waals surface area contributed by atoms with Crippen LogP contribution in [0.3, 0.4) is 0 Å². The molecule has 138 valence electrons. The van der Waals surface area contributed by atoms with Crippen molar-refractivity contribution in [2.24, 2.45) is 0 Å². The zero-order chi connectivity index (χ0) is 19.5. The lowest BCUT2D eigenvalue weighted by molar-refractivity contribution is 0.102. The molecule has 28 heavy (non-hydrogen) atoms. The number of carbonyl (C=O) groups is 1. The summed E-state index contributed by atoms with van der Waals surface area (Å²) in [5, 5.41) is 5.52. The fourth-order valence-corrected chi connectivity index (χ4v) is 3.65. The lowest BCUT2D eigenvalue weighted by Crippen LogP contribution is -2.14. The summed E-state index contributed by atoms with van der Waals surface area (Å²) in [5.74, 6) is -0.187. The second kappa shape index (κ2) is 7.78. The first-order valence-electron chi connectivity index (χ1n) is 8.83. The third kappa shape index (κ3) is 4.02. The van der Waals surface area contributed by atoms with E-state index in [0.29, 0.717) is 16.9 Å². The molecule has 0 atom stereocenters. The molecule has 0 aliphatic carbocycles. The molecule has 1 aromatic carbocycles. The quantitative estimate of drug-likeness (QED) is 0.532. The van der Waals surface area contributed by atoms with E-state index in [1.807, 2.05) is 62.4 Å². The van der Waals surface area contributed by atoms with Crippen LogP contribution in [0.2, 0.25) is 0 Å². The largest absolute Gasteiger partial charge is 0.322 e. The first-order valence-corrected chi connectivity index (χ1v) is 9.64. The summed E-state index contributed by atoms with van der Waals surface area (Å²) in [5.41, 5.74) is 3.97. The van der Waals surface area contributed by atoms with Crippen LogP contribution in [-0.2, 0) is 0 Å². The number of hydrogen-bond acceptors (Lipinski definition) is 5. The van der Waals surface area contributed by atoms with Gasteiger partial charge < -0.3 is 5.32 Å². The standard InChI is InChI=1S/C22H18N4OS/c1-14-6-7-19-16(11-14)12-18(15(2)25-19)22(27)26-17-8-10-24-21(13-17)28-20-5-3-4-9-23-20/h3-13H,1-2H3,(H,24,26,27). The summed E-state index contributed by atoms with van der Waals surface area (Å²) in [6, 6.07) is 17.3. The van der Waals surface area contributed by atoms with Crippen molar-refractivity contribution in [3.05, 3.63) is 83.8 Å². The second-order valence-corrected chi connectivity index (χ2v) is 7.47. The molecule has 0 aliphatic rings. The number of rotatable bonds is 4. The molecular formula is C22H18N4OS. The molecule has 0 fully saturated rings. The highest BCUT2D eigenvalue weighted by Gasteiger charge is 2.13. The van der Waals surface area contributed by atoms with Gasteiger partial charge in [0.1, 0.15) is 10.1 Å². The minimum absolute atomic E-state index is 0.187. The molecule has 0 bridgehead atoms. The lowest BCUT2D eigenvalue weighted by atomic mass is 10.1. The highest BCUT2D eigenvalue weighted by Crippen LogP contribution is 2.26. The van der Waals surface area contributed by atoms with Crippen LogP contribution < -0.4 is 5.32 Å². The number of pyridine rings is 3. The van der Waals surface area contributed by atoms with Gasteiger partial charge in [0.2, 0.25) is 0 Å². The van der Waals surface area contributed by atoms with E-state index in [9.17, 15) is 4.79 Å². The Morgan fingerprint density at radius 1 is 0.929 bits per heavy atom. The molecular weight excluding hydrogens is 368 g/mol. The summed E-state index contributed by atoms with van der Waals surface area (Å²) in [4.78, 5) is 26.0. The number of nitrogens with one attached hydrogen (secondary N) is 1. The van der Waals surface area contributed by atoms with Crippen molar-refractivity contribution < 1.29 is 4.79 Å². The van der Waals surface area contributed by atoms with Gasteiger partial charge in [0.15, 0.2) is 0 Å². The van der Waals surface area contributed by atoms with Crippen molar-refractivity contribution >= 4 is 34.3 Å². The summed E-state index contributed by atoms with van der Waals surface area (Å²) in [6.45, 7) is 3.87. The molecule has 4 rings (SSSR count). The van der Waals surface area contributed by atoms with Crippen LogP contribution in [0.15, 0.2) is 77.0 Å². The molecule has 0 saturated heterocycles. The number of nitrogens with zero attached hydrogens (tertiary/aromatic N) is 3. The van der Waals surface area contributed by atoms with Crippen LogP contribution in [0, 0.1) is 13.8 Å². The van der Waals surface area contributed by atoms with E-state index in [-0.39, 0.29) is 5.91 Å². The number of aromatic nitrogens is 3. The normalized spacial score (nSPS) is 10.8. The van der Waals surface area contributed by atoms with Crippen LogP contribution in [0.5, 0.6) is 0 Å². The molecule has 1 N–H and O–H groups in total. The Morgan fingerprint density at radius 3 is 2.61 bits per heavy atom. The Kier molecular flexibility index (Phi) is 5.04. The fraction of sp³-hybridized carbons (Fsp3) is 0.0909. The van der Waals surface area contributed by atoms with Crippen molar-refractivity contribution in [1.29, 1.82) is 0 Å². The third-order valence-corrected chi connectivity index (χ3v) is 5.13. The molecule has 4 aromatic rings. The zero-order valence-electron chi connectivity index (χ0n) is 15.5. The highest BCUT2D eigenvalue weighted by atomic mass is 32.2. The number of aryl methyl sites for hydroxylation is 2. The van der Waals surface area contributed by atoms with Crippen LogP contribution >= 0.6 is 11.8 Å². The van der Waals surface area contributed by atoms with Gasteiger partial charge in [-0.3, -0.25) is 9.78 Å². The van der Waals surface area contributed by atoms with E-state index in [4.69, 9.17) is 0 Å². The molecule has 0 unspecified atom stereocenters. The van der Waals surface area contributed by atoms with Gasteiger partial charge in [-0.05, 0) is 56.3 Å². The Bertz CT molecular complexity index is 1160. The number of anilines is 1. The monoisotopic (exact) mass is 386 g/mol. The van der Waals surface area contributed by atoms with Crippen LogP contribution in [-0.4, -0.2) is 20.9 Å². The Morgan fingerprint density at radius 2 is 1.79 bits per heavy atom. The van der Waals surface area contributed by atoms with Gasteiger partial charge >= 0.3 is 0 Å². The van der Waals surface area contributed by atoms with Gasteiger partial charge in [-0.25, -0.2) is 9.97 Å². The molecule has 1 amide bonds. The van der Waals surface area contributed by atoms with E-state index >= 15 is 0 Å². The van der Waals surface area contributed by atoms with Gasteiger partial charge in [0.25, 0.3) is 5.91 Å². The number of carbonyl (C=O) groups excluding carboxylic acids is 1. The maximum absolute atomic E-state index is 12.8. The molecule has 5 nitrogen and oxygen atoms in total. The maximum Gasteiger partial charge on any atom is 0.257 e. The first-order chi connectivity index (χ1) is 13.6. The molecule has 6 heteroatoms. The molecule has 3 aromatic heterocycles. The topological polar surface area (TPSA) is 67.8 Å². The number of benzene rings is 1. The Hall–Kier alpha value is -3.25. The number of fused-ring (bicyclic) bond motifs is 1. The summed E-state index contributed by atoms with van der Waals surface area (Å²) in [7, 11) is 0. The van der Waals surface area contributed by atoms with Gasteiger partial charge in [-0.2, -0.15) is 0 Å². The molecule has 0 spiro atoms. The first kappa shape index (κ1) is 18.1. The lowest BCUT2D eigenvalue weighted by Gasteiger charge is -2.10. The van der Waals surface area contributed by atoms with Crippen LogP contribution in [0.25, 0.3) is 10.9 Å². The summed E-state index contributed by atoms with van der Waals surface area (Å²) in [6.07, 6.45) is 3.42. The van der Waals surface area contributed by atoms with Crippen LogP contribution in [0.1, 0.15) is 21.6 Å². The minimum atomic E-state index is -0.187. The number of hydrogen-bond donors (Lipinski definition) is 1. The average Bonchev–Trinajstić information content (AvgIpc) is 2.69. The predicted molar refractivity (Wildman–Crippen MR) is 112 cm³/mol. The van der Waals surface area contributed by atoms with Gasteiger partial charge in [-0.1, -0.05) is 29.5 Å². The Labute approximate surface area is 167 Å². The van der Waals surface area contributed by atoms with E-state index in [1.165, 1.54) is 11.8 Å². The molecule has 0 saturated carbocycles. The van der Waals surface area contributed by atoms with E-state index in [2.05, 4.69) is 20.3 Å². The zero-order valence-corrected chi connectivity index (χ0v) is 16.3. The SMILES string of the molecule is Cc1ccc2nc(C)c(C(=O)Nc3ccnc(Sc4ccccn4)c3)cc2c1. The predicted octanol–water partition coefficient (Wildman–Crippen LogP) is 5.05. The number of amides is 1. The van der Waals surface area contributed by atoms with Crippen molar-refractivity contribution in [3.8, 4) is 0 Å². The van der Waals surface area contributed by atoms with E-state index in [1.54, 1.807) is 18.5 Å². The van der Waals surface area contributed by atoms with Gasteiger partial charge in [0.05, 0.1) is 16.8 Å². The van der Waals surface area contributed by atoms with Crippen molar-refractivity contribution in [1.82, 2.24) is 15.0 Å². The van der Waals surface area contributed by atoms with Gasteiger partial charge in [0, 0.05) is 23.5 Å². The van der Waals surface area contributed by atoms with E-state index in [0.717, 1.165) is 26.5 Å². The summed E-state index contributed by atoms with van der Waals surface area (Å²) < 4.78 is 0. The van der Waals surface area contributed by atoms with Crippen LogP contribution in [0.4, 0.5) is 5.69 Å². The molecule has 3 heterocycles. The highest BCUT2D eigenvalue weighted by molar-refractivity contribution is 7.99. The Balaban J connectivity index is 1.57. The second-order valence-electron chi connectivity index (χ2n) is 6.42. The van der Waals surface area contributed by atoms with Crippen molar-refractivity contribution in [2.45, 2.75) is 23.9 Å². The van der Waals surface area contributed by atoms with Gasteiger partial charge in [-0.15, -0.1) is 0 Å².